The number of nitrogens with zero attached hydrogens (tertiary/aromatic N) is 1. The first-order valence-corrected chi connectivity index (χ1v) is 6.93. The number of ether oxygens (including phenoxy) is 1. The summed E-state index contributed by atoms with van der Waals surface area (Å²) in [7, 11) is 3.24. The van der Waals surface area contributed by atoms with Crippen LogP contribution in [0.5, 0.6) is 5.75 Å². The molecule has 1 aromatic rings. The molecule has 20 heavy (non-hydrogen) atoms. The second-order valence-corrected chi connectivity index (χ2v) is 5.03. The minimum Gasteiger partial charge on any atom is -0.496 e. The molecular weight excluding hydrogens is 256 g/mol. The van der Waals surface area contributed by atoms with Gasteiger partial charge >= 0.3 is 0 Å². The average molecular weight is 278 g/mol. The lowest BCUT2D eigenvalue weighted by Gasteiger charge is -2.29. The van der Waals surface area contributed by atoms with Crippen LogP contribution in [0.3, 0.4) is 0 Å². The highest BCUT2D eigenvalue weighted by molar-refractivity contribution is 5.86. The molecule has 2 rings (SSSR count). The van der Waals surface area contributed by atoms with Crippen molar-refractivity contribution in [2.24, 2.45) is 0 Å². The Kier molecular flexibility index (Phi) is 4.49. The van der Waals surface area contributed by atoms with Crippen LogP contribution in [0, 0.1) is 0 Å². The first-order valence-electron chi connectivity index (χ1n) is 6.93. The van der Waals surface area contributed by atoms with Crippen LogP contribution in [0.15, 0.2) is 18.2 Å². The standard InChI is InChI=1S/C15H22N2O3/c1-10(18)14-11(6-4-8-13(14)20-3)17-9-5-7-12(17)15(19)16-2/h4,6,8,10,12,18H,5,7,9H2,1-3H3,(H,16,19)/t10-,12?/m0/s1. The van der Waals surface area contributed by atoms with E-state index in [1.165, 1.54) is 0 Å². The first kappa shape index (κ1) is 14.7. The SMILES string of the molecule is CNC(=O)C1CCCN1c1cccc(OC)c1[C@H](C)O. The number of hydrogen-bond donors (Lipinski definition) is 2. The topological polar surface area (TPSA) is 61.8 Å². The van der Waals surface area contributed by atoms with E-state index < -0.39 is 6.10 Å². The van der Waals surface area contributed by atoms with Crippen molar-refractivity contribution in [2.45, 2.75) is 31.9 Å². The number of likely N-dealkylation sites (N-methyl/N-ethyl adjacent to an activating group) is 1. The van der Waals surface area contributed by atoms with Gasteiger partial charge in [0.1, 0.15) is 11.8 Å². The summed E-state index contributed by atoms with van der Waals surface area (Å²) in [5.41, 5.74) is 1.62. The maximum atomic E-state index is 12.0. The Labute approximate surface area is 119 Å². The molecule has 2 atom stereocenters. The molecule has 5 heteroatoms. The Morgan fingerprint density at radius 1 is 1.55 bits per heavy atom. The number of carbonyl (C=O) groups excluding carboxylic acids is 1. The highest BCUT2D eigenvalue weighted by Crippen LogP contribution is 2.37. The zero-order chi connectivity index (χ0) is 14.7. The van der Waals surface area contributed by atoms with Crippen molar-refractivity contribution in [3.63, 3.8) is 0 Å². The van der Waals surface area contributed by atoms with Crippen LogP contribution in [0.25, 0.3) is 0 Å². The molecule has 1 aliphatic heterocycles. The van der Waals surface area contributed by atoms with E-state index >= 15 is 0 Å². The van der Waals surface area contributed by atoms with Crippen molar-refractivity contribution in [3.05, 3.63) is 23.8 Å². The minimum absolute atomic E-state index is 0.0156. The summed E-state index contributed by atoms with van der Waals surface area (Å²) in [6, 6.07) is 5.48. The zero-order valence-electron chi connectivity index (χ0n) is 12.2. The number of hydrogen-bond acceptors (Lipinski definition) is 4. The van der Waals surface area contributed by atoms with Gasteiger partial charge < -0.3 is 20.1 Å². The highest BCUT2D eigenvalue weighted by atomic mass is 16.5. The third-order valence-electron chi connectivity index (χ3n) is 3.79. The van der Waals surface area contributed by atoms with Crippen LogP contribution in [-0.2, 0) is 4.79 Å². The van der Waals surface area contributed by atoms with Crippen molar-refractivity contribution in [2.75, 3.05) is 25.6 Å². The number of aliphatic hydroxyl groups excluding tert-OH is 1. The Hall–Kier alpha value is -1.75. The van der Waals surface area contributed by atoms with Crippen LogP contribution in [0.2, 0.25) is 0 Å². The number of benzene rings is 1. The summed E-state index contributed by atoms with van der Waals surface area (Å²) < 4.78 is 5.34. The molecule has 1 unspecified atom stereocenters. The fraction of sp³-hybridized carbons (Fsp3) is 0.533. The van der Waals surface area contributed by atoms with Crippen molar-refractivity contribution in [1.29, 1.82) is 0 Å². The maximum absolute atomic E-state index is 12.0. The van der Waals surface area contributed by atoms with E-state index in [1.54, 1.807) is 21.1 Å². The zero-order valence-corrected chi connectivity index (χ0v) is 12.2. The van der Waals surface area contributed by atoms with Crippen LogP contribution >= 0.6 is 0 Å². The third-order valence-corrected chi connectivity index (χ3v) is 3.79. The fourth-order valence-electron chi connectivity index (χ4n) is 2.88. The highest BCUT2D eigenvalue weighted by Gasteiger charge is 2.32. The van der Waals surface area contributed by atoms with Gasteiger partial charge in [-0.15, -0.1) is 0 Å². The molecule has 1 saturated heterocycles. The fourth-order valence-corrected chi connectivity index (χ4v) is 2.88. The molecule has 2 N–H and O–H groups in total. The molecule has 5 nitrogen and oxygen atoms in total. The molecule has 0 bridgehead atoms. The average Bonchev–Trinajstić information content (AvgIpc) is 2.94. The van der Waals surface area contributed by atoms with Gasteiger partial charge in [0.15, 0.2) is 0 Å². The smallest absolute Gasteiger partial charge is 0.242 e. The van der Waals surface area contributed by atoms with E-state index in [-0.39, 0.29) is 11.9 Å². The lowest BCUT2D eigenvalue weighted by atomic mass is 10.0. The number of aliphatic hydroxyl groups is 1. The summed E-state index contributed by atoms with van der Waals surface area (Å²) in [6.45, 7) is 2.53. The lowest BCUT2D eigenvalue weighted by molar-refractivity contribution is -0.121. The van der Waals surface area contributed by atoms with Gasteiger partial charge in [0, 0.05) is 24.8 Å². The van der Waals surface area contributed by atoms with Gasteiger partial charge in [-0.2, -0.15) is 0 Å². The molecule has 1 amide bonds. The monoisotopic (exact) mass is 278 g/mol. The number of rotatable bonds is 4. The summed E-state index contributed by atoms with van der Waals surface area (Å²) in [6.07, 6.45) is 1.15. The largest absolute Gasteiger partial charge is 0.496 e. The van der Waals surface area contributed by atoms with E-state index in [9.17, 15) is 9.90 Å². The van der Waals surface area contributed by atoms with Gasteiger partial charge in [-0.05, 0) is 31.9 Å². The van der Waals surface area contributed by atoms with E-state index in [1.807, 2.05) is 18.2 Å². The Morgan fingerprint density at radius 2 is 2.30 bits per heavy atom. The Balaban J connectivity index is 2.43. The molecule has 0 aliphatic carbocycles. The summed E-state index contributed by atoms with van der Waals surface area (Å²) in [5.74, 6) is 0.668. The molecule has 0 aromatic heterocycles. The molecule has 0 saturated carbocycles. The summed E-state index contributed by atoms with van der Waals surface area (Å²) >= 11 is 0. The van der Waals surface area contributed by atoms with Crippen molar-refractivity contribution < 1.29 is 14.6 Å². The number of amides is 1. The molecule has 110 valence electrons. The second kappa shape index (κ2) is 6.13. The lowest BCUT2D eigenvalue weighted by Crippen LogP contribution is -2.42. The third kappa shape index (κ3) is 2.58. The quantitative estimate of drug-likeness (QED) is 0.875. The number of anilines is 1. The van der Waals surface area contributed by atoms with Gasteiger partial charge in [0.05, 0.1) is 13.2 Å². The Bertz CT molecular complexity index is 488. The molecule has 1 aliphatic rings. The molecule has 1 heterocycles. The van der Waals surface area contributed by atoms with Gasteiger partial charge in [0.2, 0.25) is 5.91 Å². The number of nitrogens with one attached hydrogen (secondary N) is 1. The van der Waals surface area contributed by atoms with E-state index in [4.69, 9.17) is 4.74 Å². The van der Waals surface area contributed by atoms with Crippen LogP contribution in [0.4, 0.5) is 5.69 Å². The van der Waals surface area contributed by atoms with Crippen LogP contribution in [0.1, 0.15) is 31.4 Å². The van der Waals surface area contributed by atoms with Gasteiger partial charge in [-0.1, -0.05) is 6.07 Å². The normalized spacial score (nSPS) is 19.8. The van der Waals surface area contributed by atoms with E-state index in [0.29, 0.717) is 5.75 Å². The predicted octanol–water partition coefficient (Wildman–Crippen LogP) is 1.46. The van der Waals surface area contributed by atoms with E-state index in [0.717, 1.165) is 30.6 Å². The molecule has 0 spiro atoms. The van der Waals surface area contributed by atoms with Gasteiger partial charge in [-0.3, -0.25) is 4.79 Å². The molecule has 1 aromatic carbocycles. The predicted molar refractivity (Wildman–Crippen MR) is 78.1 cm³/mol. The molecule has 0 radical (unpaired) electrons. The minimum atomic E-state index is -0.646. The number of carbonyl (C=O) groups is 1. The van der Waals surface area contributed by atoms with Gasteiger partial charge in [-0.25, -0.2) is 0 Å². The second-order valence-electron chi connectivity index (χ2n) is 5.03. The molecule has 1 fully saturated rings. The number of methoxy groups -OCH3 is 1. The van der Waals surface area contributed by atoms with Crippen molar-refractivity contribution >= 4 is 11.6 Å². The molecular formula is C15H22N2O3. The summed E-state index contributed by atoms with van der Waals surface area (Å²) in [5, 5.41) is 12.8. The van der Waals surface area contributed by atoms with Crippen molar-refractivity contribution in [1.82, 2.24) is 5.32 Å². The summed E-state index contributed by atoms with van der Waals surface area (Å²) in [4.78, 5) is 14.0. The van der Waals surface area contributed by atoms with E-state index in [2.05, 4.69) is 10.2 Å². The van der Waals surface area contributed by atoms with Crippen molar-refractivity contribution in [3.8, 4) is 5.75 Å². The van der Waals surface area contributed by atoms with Crippen LogP contribution < -0.4 is 15.0 Å². The first-order chi connectivity index (χ1) is 9.60. The Morgan fingerprint density at radius 3 is 2.90 bits per heavy atom. The van der Waals surface area contributed by atoms with Crippen LogP contribution in [-0.4, -0.2) is 37.8 Å². The van der Waals surface area contributed by atoms with Gasteiger partial charge in [0.25, 0.3) is 0 Å². The maximum Gasteiger partial charge on any atom is 0.242 e.